The van der Waals surface area contributed by atoms with Gasteiger partial charge >= 0.3 is 0 Å². The molecule has 6 nitrogen and oxygen atoms in total. The first kappa shape index (κ1) is 25.5. The van der Waals surface area contributed by atoms with Crippen molar-refractivity contribution in [3.63, 3.8) is 0 Å². The fourth-order valence-corrected chi connectivity index (χ4v) is 5.26. The van der Waals surface area contributed by atoms with Crippen LogP contribution in [0.5, 0.6) is 5.75 Å². The maximum atomic E-state index is 13.5. The molecule has 1 heterocycles. The molecule has 1 N–H and O–H groups in total. The number of anilines is 1. The van der Waals surface area contributed by atoms with E-state index < -0.39 is 0 Å². The molecule has 0 radical (unpaired) electrons. The molecule has 0 bridgehead atoms. The summed E-state index contributed by atoms with van der Waals surface area (Å²) in [7, 11) is 0. The lowest BCUT2D eigenvalue weighted by Gasteiger charge is -2.40. The topological polar surface area (TPSA) is 61.9 Å². The number of benzene rings is 2. The molecule has 1 saturated heterocycles. The number of nitrogens with zero attached hydrogens (tertiary/aromatic N) is 2. The highest BCUT2D eigenvalue weighted by Gasteiger charge is 2.37. The van der Waals surface area contributed by atoms with E-state index in [0.29, 0.717) is 48.8 Å². The number of carbonyl (C=O) groups is 2. The van der Waals surface area contributed by atoms with E-state index in [1.54, 1.807) is 24.3 Å². The number of rotatable bonds is 8. The third kappa shape index (κ3) is 6.77. The van der Waals surface area contributed by atoms with Crippen molar-refractivity contribution in [2.24, 2.45) is 5.92 Å². The van der Waals surface area contributed by atoms with Gasteiger partial charge in [0.1, 0.15) is 5.75 Å². The summed E-state index contributed by atoms with van der Waals surface area (Å²) in [5.41, 5.74) is 2.10. The summed E-state index contributed by atoms with van der Waals surface area (Å²) in [5.74, 6) is 1.48. The smallest absolute Gasteiger partial charge is 0.260 e. The number of hydrogen-bond donors (Lipinski definition) is 1. The standard InChI is InChI=1S/C28H36ClN3O3/c1-20(2)21-7-11-24(12-8-21)30-28(34)27(22-5-3-4-6-22)32-17-15-31(16-18-32)26(33)19-35-25-13-9-23(29)10-14-25/h7-14,20,22,27H,3-6,15-19H2,1-2H3,(H,30,34). The van der Waals surface area contributed by atoms with Crippen molar-refractivity contribution in [2.45, 2.75) is 51.5 Å². The molecule has 2 aromatic carbocycles. The Kier molecular flexibility index (Phi) is 8.69. The molecule has 0 aromatic heterocycles. The van der Waals surface area contributed by atoms with Crippen LogP contribution in [-0.2, 0) is 9.59 Å². The predicted octanol–water partition coefficient (Wildman–Crippen LogP) is 5.18. The summed E-state index contributed by atoms with van der Waals surface area (Å²) in [6.45, 7) is 6.91. The first-order valence-corrected chi connectivity index (χ1v) is 13.1. The van der Waals surface area contributed by atoms with E-state index in [-0.39, 0.29) is 24.5 Å². The molecule has 0 spiro atoms. The normalized spacial score (nSPS) is 18.0. The maximum Gasteiger partial charge on any atom is 0.260 e. The minimum atomic E-state index is -0.162. The van der Waals surface area contributed by atoms with Crippen LogP contribution in [0, 0.1) is 5.92 Å². The van der Waals surface area contributed by atoms with Gasteiger partial charge in [0.25, 0.3) is 5.91 Å². The molecule has 2 fully saturated rings. The highest BCUT2D eigenvalue weighted by Crippen LogP contribution is 2.32. The van der Waals surface area contributed by atoms with Crippen LogP contribution in [0.1, 0.15) is 51.0 Å². The molecular formula is C28H36ClN3O3. The van der Waals surface area contributed by atoms with Gasteiger partial charge in [0.2, 0.25) is 5.91 Å². The van der Waals surface area contributed by atoms with Gasteiger partial charge in [-0.2, -0.15) is 0 Å². The lowest BCUT2D eigenvalue weighted by molar-refractivity contribution is -0.136. The van der Waals surface area contributed by atoms with E-state index in [2.05, 4.69) is 36.2 Å². The summed E-state index contributed by atoms with van der Waals surface area (Å²) in [6.07, 6.45) is 4.52. The van der Waals surface area contributed by atoms with Crippen LogP contribution in [0.2, 0.25) is 5.02 Å². The minimum Gasteiger partial charge on any atom is -0.484 e. The van der Waals surface area contributed by atoms with E-state index in [1.165, 1.54) is 18.4 Å². The number of piperazine rings is 1. The molecule has 1 unspecified atom stereocenters. The molecule has 1 saturated carbocycles. The van der Waals surface area contributed by atoms with Gasteiger partial charge in [-0.1, -0.05) is 50.4 Å². The summed E-state index contributed by atoms with van der Waals surface area (Å²) < 4.78 is 5.63. The first-order valence-electron chi connectivity index (χ1n) is 12.7. The van der Waals surface area contributed by atoms with E-state index >= 15 is 0 Å². The summed E-state index contributed by atoms with van der Waals surface area (Å²) in [4.78, 5) is 30.3. The Morgan fingerprint density at radius 2 is 1.60 bits per heavy atom. The van der Waals surface area contributed by atoms with Crippen LogP contribution >= 0.6 is 11.6 Å². The molecule has 7 heteroatoms. The van der Waals surface area contributed by atoms with Crippen molar-refractivity contribution in [3.8, 4) is 5.75 Å². The van der Waals surface area contributed by atoms with Crippen molar-refractivity contribution in [1.82, 2.24) is 9.80 Å². The number of carbonyl (C=O) groups excluding carboxylic acids is 2. The van der Waals surface area contributed by atoms with Crippen LogP contribution in [0.3, 0.4) is 0 Å². The molecule has 2 aliphatic rings. The average Bonchev–Trinajstić information content (AvgIpc) is 3.39. The van der Waals surface area contributed by atoms with Gasteiger partial charge in [-0.3, -0.25) is 14.5 Å². The molecule has 2 amide bonds. The van der Waals surface area contributed by atoms with E-state index in [0.717, 1.165) is 18.5 Å². The second kappa shape index (κ2) is 11.9. The molecule has 2 aromatic rings. The van der Waals surface area contributed by atoms with Crippen molar-refractivity contribution in [2.75, 3.05) is 38.1 Å². The van der Waals surface area contributed by atoms with Gasteiger partial charge < -0.3 is 15.0 Å². The number of hydrogen-bond acceptors (Lipinski definition) is 4. The number of ether oxygens (including phenoxy) is 1. The Balaban J connectivity index is 1.33. The molecule has 1 aliphatic carbocycles. The minimum absolute atomic E-state index is 0.000540. The largest absolute Gasteiger partial charge is 0.484 e. The van der Waals surface area contributed by atoms with Crippen LogP contribution in [-0.4, -0.2) is 60.4 Å². The van der Waals surface area contributed by atoms with Crippen LogP contribution in [0.4, 0.5) is 5.69 Å². The first-order chi connectivity index (χ1) is 16.9. The molecule has 188 valence electrons. The van der Waals surface area contributed by atoms with Gasteiger partial charge in [-0.15, -0.1) is 0 Å². The van der Waals surface area contributed by atoms with E-state index in [9.17, 15) is 9.59 Å². The van der Waals surface area contributed by atoms with Gasteiger partial charge in [-0.25, -0.2) is 0 Å². The lowest BCUT2D eigenvalue weighted by atomic mass is 9.94. The predicted molar refractivity (Wildman–Crippen MR) is 140 cm³/mol. The maximum absolute atomic E-state index is 13.5. The SMILES string of the molecule is CC(C)c1ccc(NC(=O)C(C2CCCC2)N2CCN(C(=O)COc3ccc(Cl)cc3)CC2)cc1. The van der Waals surface area contributed by atoms with Gasteiger partial charge in [0.15, 0.2) is 6.61 Å². The lowest BCUT2D eigenvalue weighted by Crippen LogP contribution is -2.57. The molecule has 1 aliphatic heterocycles. The van der Waals surface area contributed by atoms with Gasteiger partial charge in [0, 0.05) is 36.9 Å². The molecule has 35 heavy (non-hydrogen) atoms. The van der Waals surface area contributed by atoms with Gasteiger partial charge in [-0.05, 0) is 66.6 Å². The van der Waals surface area contributed by atoms with Crippen molar-refractivity contribution < 1.29 is 14.3 Å². The van der Waals surface area contributed by atoms with Crippen LogP contribution in [0.15, 0.2) is 48.5 Å². The number of nitrogens with one attached hydrogen (secondary N) is 1. The highest BCUT2D eigenvalue weighted by atomic mass is 35.5. The van der Waals surface area contributed by atoms with Crippen molar-refractivity contribution >= 4 is 29.1 Å². The molecule has 4 rings (SSSR count). The fourth-order valence-electron chi connectivity index (χ4n) is 5.14. The van der Waals surface area contributed by atoms with E-state index in [4.69, 9.17) is 16.3 Å². The Bertz CT molecular complexity index is 980. The highest BCUT2D eigenvalue weighted by molar-refractivity contribution is 6.30. The Hall–Kier alpha value is -2.57. The number of halogens is 1. The summed E-state index contributed by atoms with van der Waals surface area (Å²) in [6, 6.07) is 15.0. The summed E-state index contributed by atoms with van der Waals surface area (Å²) in [5, 5.41) is 3.80. The Morgan fingerprint density at radius 1 is 0.971 bits per heavy atom. The Labute approximate surface area is 213 Å². The summed E-state index contributed by atoms with van der Waals surface area (Å²) >= 11 is 5.90. The third-order valence-corrected chi connectivity index (χ3v) is 7.45. The second-order valence-corrected chi connectivity index (χ2v) is 10.4. The quantitative estimate of drug-likeness (QED) is 0.545. The average molecular weight is 498 g/mol. The zero-order valence-corrected chi connectivity index (χ0v) is 21.5. The van der Waals surface area contributed by atoms with Crippen molar-refractivity contribution in [1.29, 1.82) is 0 Å². The van der Waals surface area contributed by atoms with Crippen LogP contribution in [0.25, 0.3) is 0 Å². The Morgan fingerprint density at radius 3 is 2.20 bits per heavy atom. The van der Waals surface area contributed by atoms with Crippen LogP contribution < -0.4 is 10.1 Å². The van der Waals surface area contributed by atoms with Gasteiger partial charge in [0.05, 0.1) is 6.04 Å². The molecular weight excluding hydrogens is 462 g/mol. The third-order valence-electron chi connectivity index (χ3n) is 7.20. The van der Waals surface area contributed by atoms with E-state index in [1.807, 2.05) is 17.0 Å². The van der Waals surface area contributed by atoms with Crippen molar-refractivity contribution in [3.05, 3.63) is 59.1 Å². The zero-order chi connectivity index (χ0) is 24.8. The zero-order valence-electron chi connectivity index (χ0n) is 20.7. The number of amides is 2. The second-order valence-electron chi connectivity index (χ2n) is 9.91. The molecule has 1 atom stereocenters. The fraction of sp³-hybridized carbons (Fsp3) is 0.500. The monoisotopic (exact) mass is 497 g/mol.